The van der Waals surface area contributed by atoms with Crippen LogP contribution in [0.4, 0.5) is 0 Å². The molecular formula is C28H16AlO2. The third-order valence-electron chi connectivity index (χ3n) is 6.35. The first-order valence-electron chi connectivity index (χ1n) is 10.4. The Bertz CT molecular complexity index is 1540. The quantitative estimate of drug-likeness (QED) is 0.193. The number of fused-ring (bicyclic) bond motifs is 13. The van der Waals surface area contributed by atoms with E-state index in [1.807, 2.05) is 0 Å². The summed E-state index contributed by atoms with van der Waals surface area (Å²) in [5.74, 6) is 1.87. The molecule has 0 aliphatic carbocycles. The Kier molecular flexibility index (Phi) is 3.60. The number of hydrogen-bond donors (Lipinski definition) is 0. The van der Waals surface area contributed by atoms with Crippen molar-refractivity contribution in [2.45, 2.75) is 0 Å². The van der Waals surface area contributed by atoms with Crippen LogP contribution >= 0.6 is 0 Å². The molecule has 0 unspecified atom stereocenters. The van der Waals surface area contributed by atoms with E-state index in [9.17, 15) is 0 Å². The van der Waals surface area contributed by atoms with Gasteiger partial charge in [-0.05, 0) is 32.3 Å². The molecule has 2 nitrogen and oxygen atoms in total. The van der Waals surface area contributed by atoms with Crippen molar-refractivity contribution >= 4 is 59.0 Å². The molecule has 0 atom stereocenters. The summed E-state index contributed by atoms with van der Waals surface area (Å²) in [5.41, 5.74) is 2.27. The lowest BCUT2D eigenvalue weighted by atomic mass is 9.87. The Hall–Kier alpha value is -3.51. The molecule has 0 spiro atoms. The predicted molar refractivity (Wildman–Crippen MR) is 129 cm³/mol. The van der Waals surface area contributed by atoms with E-state index in [4.69, 9.17) is 7.58 Å². The van der Waals surface area contributed by atoms with E-state index in [1.54, 1.807) is 0 Å². The minimum Gasteiger partial charge on any atom is -0.615 e. The molecule has 6 aromatic rings. The van der Waals surface area contributed by atoms with Crippen LogP contribution in [0.1, 0.15) is 0 Å². The molecule has 1 heterocycles. The highest BCUT2D eigenvalue weighted by Gasteiger charge is 2.28. The van der Waals surface area contributed by atoms with Gasteiger partial charge in [0.05, 0.1) is 11.5 Å². The number of benzene rings is 6. The molecule has 0 saturated heterocycles. The molecule has 1 aliphatic heterocycles. The smallest absolute Gasteiger partial charge is 0.615 e. The highest BCUT2D eigenvalue weighted by atomic mass is 27.2. The lowest BCUT2D eigenvalue weighted by Crippen LogP contribution is -2.09. The fourth-order valence-electron chi connectivity index (χ4n) is 5.08. The molecule has 31 heavy (non-hydrogen) atoms. The van der Waals surface area contributed by atoms with Gasteiger partial charge in [-0.2, -0.15) is 0 Å². The molecule has 0 bridgehead atoms. The van der Waals surface area contributed by atoms with Crippen LogP contribution in [-0.2, 0) is 0 Å². The van der Waals surface area contributed by atoms with Gasteiger partial charge < -0.3 is 7.58 Å². The van der Waals surface area contributed by atoms with E-state index in [1.165, 1.54) is 32.3 Å². The van der Waals surface area contributed by atoms with Crippen molar-refractivity contribution in [2.75, 3.05) is 0 Å². The van der Waals surface area contributed by atoms with Crippen molar-refractivity contribution in [3.05, 3.63) is 97.1 Å². The van der Waals surface area contributed by atoms with Crippen LogP contribution in [0.5, 0.6) is 11.5 Å². The summed E-state index contributed by atoms with van der Waals surface area (Å²) in [7, 11) is 0. The first kappa shape index (κ1) is 17.2. The average molecular weight is 411 g/mol. The van der Waals surface area contributed by atoms with Gasteiger partial charge in [0.2, 0.25) is 0 Å². The van der Waals surface area contributed by atoms with Gasteiger partial charge in [0.15, 0.2) is 0 Å². The Morgan fingerprint density at radius 3 is 1.03 bits per heavy atom. The van der Waals surface area contributed by atoms with Crippen molar-refractivity contribution in [3.8, 4) is 22.6 Å². The second kappa shape index (κ2) is 6.49. The molecule has 0 N–H and O–H groups in total. The lowest BCUT2D eigenvalue weighted by Gasteiger charge is -2.19. The van der Waals surface area contributed by atoms with Gasteiger partial charge in [0.1, 0.15) is 0 Å². The van der Waals surface area contributed by atoms with Crippen LogP contribution in [0.3, 0.4) is 0 Å². The second-order valence-electron chi connectivity index (χ2n) is 7.92. The molecule has 1 radical (unpaired) electrons. The standard InChI is InChI=1S/C28H18O2.Al/c29-27-23-15-7-3-11-19(23)17-9-1-5-13-21(17)25(27)26-22-14-6-2-10-18(22)20-12-4-8-16-24(20)28(26)30;/h1-16,29-30H;/q;+2/p-2. The number of rotatable bonds is 0. The van der Waals surface area contributed by atoms with Crippen molar-refractivity contribution in [3.63, 3.8) is 0 Å². The maximum absolute atomic E-state index is 6.41. The molecule has 6 aromatic carbocycles. The molecule has 7 rings (SSSR count). The third kappa shape index (κ3) is 2.34. The Morgan fingerprint density at radius 2 is 0.645 bits per heavy atom. The van der Waals surface area contributed by atoms with Gasteiger partial charge in [-0.1, -0.05) is 97.1 Å². The van der Waals surface area contributed by atoms with Crippen LogP contribution in [0.2, 0.25) is 0 Å². The lowest BCUT2D eigenvalue weighted by molar-refractivity contribution is 0.474. The molecule has 143 valence electrons. The SMILES string of the molecule is c1ccc2c(c1)c1c(c3ccccc32)-c2c(c3ccccc3c3ccccc23)[O][Al][O]1. The van der Waals surface area contributed by atoms with Crippen molar-refractivity contribution in [1.29, 1.82) is 0 Å². The van der Waals surface area contributed by atoms with Crippen LogP contribution in [0.25, 0.3) is 54.2 Å². The molecule has 0 aromatic heterocycles. The van der Waals surface area contributed by atoms with E-state index < -0.39 is 15.9 Å². The highest BCUT2D eigenvalue weighted by molar-refractivity contribution is 6.31. The van der Waals surface area contributed by atoms with Crippen LogP contribution in [0, 0.1) is 0 Å². The fraction of sp³-hybridized carbons (Fsp3) is 0. The normalized spacial score (nSPS) is 12.6. The summed E-state index contributed by atoms with van der Waals surface area (Å²) in [5, 5.41) is 9.57. The third-order valence-corrected chi connectivity index (χ3v) is 7.02. The highest BCUT2D eigenvalue weighted by Crippen LogP contribution is 2.52. The van der Waals surface area contributed by atoms with E-state index in [0.29, 0.717) is 0 Å². The number of hydrogen-bond acceptors (Lipinski definition) is 2. The second-order valence-corrected chi connectivity index (χ2v) is 8.59. The van der Waals surface area contributed by atoms with Gasteiger partial charge in [0.25, 0.3) is 0 Å². The van der Waals surface area contributed by atoms with E-state index >= 15 is 0 Å². The van der Waals surface area contributed by atoms with Gasteiger partial charge >= 0.3 is 15.9 Å². The summed E-state index contributed by atoms with van der Waals surface area (Å²) in [6.07, 6.45) is 0. The summed E-state index contributed by atoms with van der Waals surface area (Å²) < 4.78 is 12.8. The van der Waals surface area contributed by atoms with Crippen molar-refractivity contribution in [2.24, 2.45) is 0 Å². The zero-order chi connectivity index (χ0) is 20.4. The molecule has 1 aliphatic rings. The molecule has 0 amide bonds. The minimum absolute atomic E-state index is 0.678. The minimum atomic E-state index is -0.678. The van der Waals surface area contributed by atoms with Gasteiger partial charge in [0, 0.05) is 21.9 Å². The van der Waals surface area contributed by atoms with Crippen molar-refractivity contribution < 1.29 is 7.58 Å². The van der Waals surface area contributed by atoms with Crippen LogP contribution < -0.4 is 7.58 Å². The largest absolute Gasteiger partial charge is 0.881 e. The average Bonchev–Trinajstić information content (AvgIpc) is 3.05. The van der Waals surface area contributed by atoms with Crippen LogP contribution in [-0.4, -0.2) is 15.9 Å². The first-order chi connectivity index (χ1) is 15.4. The molecule has 0 saturated carbocycles. The topological polar surface area (TPSA) is 18.5 Å². The van der Waals surface area contributed by atoms with E-state index in [-0.39, 0.29) is 0 Å². The monoisotopic (exact) mass is 411 g/mol. The summed E-state index contributed by atoms with van der Waals surface area (Å²) in [6.45, 7) is 0. The Balaban J connectivity index is 1.80. The maximum atomic E-state index is 6.41. The summed E-state index contributed by atoms with van der Waals surface area (Å²) in [4.78, 5) is 0. The van der Waals surface area contributed by atoms with Gasteiger partial charge in [-0.25, -0.2) is 0 Å². The Labute approximate surface area is 186 Å². The zero-order valence-corrected chi connectivity index (χ0v) is 17.8. The fourth-order valence-corrected chi connectivity index (χ4v) is 5.81. The maximum Gasteiger partial charge on any atom is 0.881 e. The molecule has 0 fully saturated rings. The van der Waals surface area contributed by atoms with Crippen molar-refractivity contribution in [1.82, 2.24) is 0 Å². The summed E-state index contributed by atoms with van der Waals surface area (Å²) >= 11 is -0.678. The first-order valence-corrected chi connectivity index (χ1v) is 11.4. The van der Waals surface area contributed by atoms with E-state index in [2.05, 4.69) is 97.1 Å². The van der Waals surface area contributed by atoms with Gasteiger partial charge in [-0.15, -0.1) is 0 Å². The zero-order valence-electron chi connectivity index (χ0n) is 16.6. The molecule has 3 heteroatoms. The van der Waals surface area contributed by atoms with E-state index in [0.717, 1.165) is 33.4 Å². The Morgan fingerprint density at radius 1 is 0.355 bits per heavy atom. The van der Waals surface area contributed by atoms with Crippen LogP contribution in [0.15, 0.2) is 97.1 Å². The molecular weight excluding hydrogens is 395 g/mol. The summed E-state index contributed by atoms with van der Waals surface area (Å²) in [6, 6.07) is 34.3. The predicted octanol–water partition coefficient (Wildman–Crippen LogP) is 7.27. The van der Waals surface area contributed by atoms with Gasteiger partial charge in [-0.3, -0.25) is 0 Å².